The summed E-state index contributed by atoms with van der Waals surface area (Å²) >= 11 is 1.92. The van der Waals surface area contributed by atoms with Gasteiger partial charge in [0.05, 0.1) is 0 Å². The van der Waals surface area contributed by atoms with E-state index in [0.717, 1.165) is 13.0 Å². The maximum Gasteiger partial charge on any atom is 0.0387 e. The fourth-order valence-electron chi connectivity index (χ4n) is 6.41. The molecule has 2 aromatic rings. The Hall–Kier alpha value is -1.93. The predicted octanol–water partition coefficient (Wildman–Crippen LogP) is 8.44. The molecule has 1 fully saturated rings. The first-order chi connectivity index (χ1) is 17.1. The van der Waals surface area contributed by atoms with Crippen molar-refractivity contribution in [3.05, 3.63) is 81.0 Å². The Balaban J connectivity index is 1.29. The normalized spacial score (nSPS) is 25.9. The Morgan fingerprint density at radius 1 is 1.00 bits per heavy atom. The van der Waals surface area contributed by atoms with Crippen LogP contribution in [0.1, 0.15) is 89.1 Å². The number of thioether (sulfide) groups is 1. The highest BCUT2D eigenvalue weighted by atomic mass is 32.2. The monoisotopic (exact) mass is 500 g/mol. The van der Waals surface area contributed by atoms with Gasteiger partial charge in [-0.3, -0.25) is 4.90 Å². The number of hydrogen-bond acceptors (Lipinski definition) is 2. The van der Waals surface area contributed by atoms with Crippen molar-refractivity contribution in [2.24, 2.45) is 18.9 Å². The lowest BCUT2D eigenvalue weighted by molar-refractivity contribution is 0.191. The van der Waals surface area contributed by atoms with Crippen molar-refractivity contribution >= 4 is 17.3 Å². The molecule has 0 N–H and O–H groups in total. The third-order valence-electron chi connectivity index (χ3n) is 9.17. The van der Waals surface area contributed by atoms with Crippen molar-refractivity contribution < 1.29 is 0 Å². The molecule has 36 heavy (non-hydrogen) atoms. The molecule has 192 valence electrons. The number of nitrogens with zero attached hydrogens (tertiary/aromatic N) is 2. The molecule has 0 bridgehead atoms. The van der Waals surface area contributed by atoms with E-state index in [4.69, 9.17) is 0 Å². The van der Waals surface area contributed by atoms with Crippen LogP contribution in [0.5, 0.6) is 0 Å². The van der Waals surface area contributed by atoms with Crippen molar-refractivity contribution in [2.75, 3.05) is 13.1 Å². The van der Waals surface area contributed by atoms with Crippen LogP contribution < -0.4 is 0 Å². The molecule has 0 spiro atoms. The topological polar surface area (TPSA) is 8.17 Å². The third-order valence-corrected chi connectivity index (χ3v) is 10.2. The van der Waals surface area contributed by atoms with Crippen molar-refractivity contribution in [2.45, 2.75) is 84.1 Å². The molecule has 0 amide bonds. The number of hydrogen-bond donors (Lipinski definition) is 0. The molecule has 3 heterocycles. The minimum absolute atomic E-state index is 0.243. The largest absolute Gasteiger partial charge is 0.353 e. The predicted molar refractivity (Wildman–Crippen MR) is 156 cm³/mol. The van der Waals surface area contributed by atoms with Gasteiger partial charge in [0.15, 0.2) is 0 Å². The van der Waals surface area contributed by atoms with Gasteiger partial charge < -0.3 is 4.57 Å². The molecule has 2 aliphatic heterocycles. The summed E-state index contributed by atoms with van der Waals surface area (Å²) in [5, 5.41) is 2.25. The van der Waals surface area contributed by atoms with Crippen molar-refractivity contribution in [3.8, 4) is 0 Å². The Morgan fingerprint density at radius 2 is 1.72 bits per heavy atom. The Labute approximate surface area is 223 Å². The van der Waals surface area contributed by atoms with Crippen LogP contribution in [0.15, 0.2) is 58.6 Å². The molecular weight excluding hydrogens is 456 g/mol. The zero-order valence-corrected chi connectivity index (χ0v) is 24.0. The van der Waals surface area contributed by atoms with E-state index in [-0.39, 0.29) is 10.8 Å². The second-order valence-corrected chi connectivity index (χ2v) is 13.7. The molecule has 1 aromatic heterocycles. The van der Waals surface area contributed by atoms with Gasteiger partial charge in [0, 0.05) is 36.5 Å². The Kier molecular flexibility index (Phi) is 7.20. The van der Waals surface area contributed by atoms with Gasteiger partial charge >= 0.3 is 0 Å². The van der Waals surface area contributed by atoms with Gasteiger partial charge in [0.2, 0.25) is 0 Å². The molecule has 1 saturated heterocycles. The van der Waals surface area contributed by atoms with Crippen molar-refractivity contribution in [1.82, 2.24) is 9.47 Å². The third kappa shape index (κ3) is 5.21. The van der Waals surface area contributed by atoms with E-state index in [1.54, 1.807) is 16.0 Å². The summed E-state index contributed by atoms with van der Waals surface area (Å²) in [6, 6.07) is 11.7. The molecule has 0 radical (unpaired) electrons. The van der Waals surface area contributed by atoms with Gasteiger partial charge in [0.1, 0.15) is 0 Å². The lowest BCUT2D eigenvalue weighted by Crippen LogP contribution is -2.34. The highest BCUT2D eigenvalue weighted by Crippen LogP contribution is 2.47. The number of aryl methyl sites for hydroxylation is 1. The van der Waals surface area contributed by atoms with Gasteiger partial charge in [-0.15, -0.1) is 5.73 Å². The first kappa shape index (κ1) is 25.7. The highest BCUT2D eigenvalue weighted by molar-refractivity contribution is 8.05. The molecule has 1 unspecified atom stereocenters. The maximum absolute atomic E-state index is 3.76. The number of likely N-dealkylation sites (tertiary alicyclic amines) is 1. The van der Waals surface area contributed by atoms with Gasteiger partial charge in [-0.1, -0.05) is 70.7 Å². The molecule has 3 aliphatic rings. The zero-order chi connectivity index (χ0) is 25.5. The zero-order valence-electron chi connectivity index (χ0n) is 23.2. The van der Waals surface area contributed by atoms with Crippen LogP contribution in [0.4, 0.5) is 0 Å². The van der Waals surface area contributed by atoms with Crippen LogP contribution in [0.2, 0.25) is 0 Å². The SMILES string of the molecule is CC1C/C=C(\C2CCN(Cc3cccn3C)CC2)SC=C=C1c1ccc2c(c1)C(C)(C)CCC2(C)C. The number of piperidine rings is 1. The van der Waals surface area contributed by atoms with Crippen LogP contribution in [0, 0.1) is 11.8 Å². The summed E-state index contributed by atoms with van der Waals surface area (Å²) in [5.41, 5.74) is 11.5. The first-order valence-electron chi connectivity index (χ1n) is 13.9. The maximum atomic E-state index is 3.76. The van der Waals surface area contributed by atoms with Crippen molar-refractivity contribution in [3.63, 3.8) is 0 Å². The molecule has 3 heteroatoms. The van der Waals surface area contributed by atoms with Crippen molar-refractivity contribution in [1.29, 1.82) is 0 Å². The van der Waals surface area contributed by atoms with Gasteiger partial charge in [-0.05, 0) is 102 Å². The lowest BCUT2D eigenvalue weighted by Gasteiger charge is -2.42. The molecule has 5 rings (SSSR count). The van der Waals surface area contributed by atoms with Gasteiger partial charge in [-0.25, -0.2) is 0 Å². The molecular formula is C33H44N2S. The van der Waals surface area contributed by atoms with E-state index in [0.29, 0.717) is 11.8 Å². The molecule has 2 nitrogen and oxygen atoms in total. The molecule has 0 saturated carbocycles. The van der Waals surface area contributed by atoms with E-state index >= 15 is 0 Å². The summed E-state index contributed by atoms with van der Waals surface area (Å²) in [6.45, 7) is 15.5. The fourth-order valence-corrected chi connectivity index (χ4v) is 7.36. The Morgan fingerprint density at radius 3 is 2.42 bits per heavy atom. The fraction of sp³-hybridized carbons (Fsp3) is 0.545. The standard InChI is InChI=1S/C33H44N2S/c1-24-9-12-31(25-13-19-35(20-14-25)23-27-8-7-18-34(27)6)36-21-15-28(24)26-10-11-29-30(22-26)33(4,5)17-16-32(29,2)3/h7-8,10-12,18,21-22,24-25H,9,13-14,16-17,19-20,23H2,1-6H3/b31-12+. The number of rotatable bonds is 4. The molecule has 1 aromatic carbocycles. The second kappa shape index (κ2) is 10.1. The van der Waals surface area contributed by atoms with Gasteiger partial charge in [-0.2, -0.15) is 0 Å². The highest BCUT2D eigenvalue weighted by Gasteiger charge is 2.37. The van der Waals surface area contributed by atoms with E-state index in [1.165, 1.54) is 55.6 Å². The number of allylic oxidation sites excluding steroid dienone is 3. The van der Waals surface area contributed by atoms with Crippen LogP contribution >= 0.6 is 11.8 Å². The summed E-state index contributed by atoms with van der Waals surface area (Å²) in [6.07, 6.45) is 10.9. The van der Waals surface area contributed by atoms with Crippen LogP contribution in [-0.2, 0) is 24.4 Å². The average molecular weight is 501 g/mol. The lowest BCUT2D eigenvalue weighted by atomic mass is 9.62. The smallest absolute Gasteiger partial charge is 0.0387 e. The van der Waals surface area contributed by atoms with E-state index < -0.39 is 0 Å². The summed E-state index contributed by atoms with van der Waals surface area (Å²) < 4.78 is 2.25. The summed E-state index contributed by atoms with van der Waals surface area (Å²) in [5.74, 6) is 1.17. The van der Waals surface area contributed by atoms with E-state index in [2.05, 4.69) is 105 Å². The molecule has 1 atom stereocenters. The minimum Gasteiger partial charge on any atom is -0.353 e. The van der Waals surface area contributed by atoms with E-state index in [1.807, 2.05) is 11.8 Å². The number of benzene rings is 1. The van der Waals surface area contributed by atoms with Gasteiger partial charge in [0.25, 0.3) is 0 Å². The molecule has 1 aliphatic carbocycles. The average Bonchev–Trinajstić information content (AvgIpc) is 3.24. The Bertz CT molecular complexity index is 1200. The summed E-state index contributed by atoms with van der Waals surface area (Å²) in [7, 11) is 2.15. The first-order valence-corrected chi connectivity index (χ1v) is 14.8. The van der Waals surface area contributed by atoms with E-state index in [9.17, 15) is 0 Å². The summed E-state index contributed by atoms with van der Waals surface area (Å²) in [4.78, 5) is 4.19. The van der Waals surface area contributed by atoms with Crippen LogP contribution in [0.25, 0.3) is 5.57 Å². The number of fused-ring (bicyclic) bond motifs is 1. The quantitative estimate of drug-likeness (QED) is 0.389. The second-order valence-electron chi connectivity index (χ2n) is 12.7. The van der Waals surface area contributed by atoms with Crippen LogP contribution in [-0.4, -0.2) is 22.6 Å². The minimum atomic E-state index is 0.243. The number of aromatic nitrogens is 1. The van der Waals surface area contributed by atoms with Crippen LogP contribution in [0.3, 0.4) is 0 Å².